The number of allylic oxidation sites excluding steroid dienone is 1. The van der Waals surface area contributed by atoms with E-state index in [9.17, 15) is 19.2 Å². The predicted octanol–water partition coefficient (Wildman–Crippen LogP) is 5.57. The predicted molar refractivity (Wildman–Crippen MR) is 147 cm³/mol. The van der Waals surface area contributed by atoms with Gasteiger partial charge in [-0.25, -0.2) is 0 Å². The fraction of sp³-hybridized carbons (Fsp3) is 0.375. The summed E-state index contributed by atoms with van der Waals surface area (Å²) in [6, 6.07) is 15.0. The molecule has 0 amide bonds. The second kappa shape index (κ2) is 9.63. The van der Waals surface area contributed by atoms with E-state index >= 15 is 0 Å². The molecule has 2 aliphatic carbocycles. The molecule has 2 aromatic carbocycles. The van der Waals surface area contributed by atoms with Crippen molar-refractivity contribution in [2.24, 2.45) is 10.8 Å². The highest BCUT2D eigenvalue weighted by molar-refractivity contribution is 6.29. The SMILES string of the molecule is CCOC(=O)C[C@]1(C(=O)OCC)C2=C(CC(C)(C)CC2=O)N(c2cccc(C)c2)C2=C1C(=O)c1ccccc12. The maximum Gasteiger partial charge on any atom is 0.322 e. The number of benzene rings is 2. The molecule has 7 nitrogen and oxygen atoms in total. The van der Waals surface area contributed by atoms with Crippen LogP contribution in [0.15, 0.2) is 65.4 Å². The Hall–Kier alpha value is -4.00. The summed E-state index contributed by atoms with van der Waals surface area (Å²) in [6.45, 7) is 9.47. The zero-order valence-electron chi connectivity index (χ0n) is 23.1. The van der Waals surface area contributed by atoms with E-state index in [1.807, 2.05) is 62.1 Å². The molecule has 0 bridgehead atoms. The lowest BCUT2D eigenvalue weighted by Crippen LogP contribution is -2.51. The van der Waals surface area contributed by atoms with Crippen molar-refractivity contribution < 1.29 is 28.7 Å². The number of ether oxygens (including phenoxy) is 2. The summed E-state index contributed by atoms with van der Waals surface area (Å²) in [5, 5.41) is 0. The smallest absolute Gasteiger partial charge is 0.322 e. The third-order valence-corrected chi connectivity index (χ3v) is 7.69. The fourth-order valence-corrected chi connectivity index (χ4v) is 6.30. The van der Waals surface area contributed by atoms with E-state index in [2.05, 4.69) is 0 Å². The van der Waals surface area contributed by atoms with Crippen molar-refractivity contribution in [1.82, 2.24) is 0 Å². The van der Waals surface area contributed by atoms with Crippen LogP contribution in [0.1, 0.15) is 68.4 Å². The van der Waals surface area contributed by atoms with Crippen LogP contribution in [-0.2, 0) is 23.9 Å². The normalized spacial score (nSPS) is 21.4. The van der Waals surface area contributed by atoms with E-state index in [4.69, 9.17) is 9.47 Å². The van der Waals surface area contributed by atoms with Crippen LogP contribution in [-0.4, -0.2) is 36.7 Å². The molecule has 1 atom stereocenters. The molecule has 0 aromatic heterocycles. The minimum absolute atomic E-state index is 0.0249. The van der Waals surface area contributed by atoms with Crippen LogP contribution in [0.5, 0.6) is 0 Å². The van der Waals surface area contributed by atoms with Crippen molar-refractivity contribution in [1.29, 1.82) is 0 Å². The summed E-state index contributed by atoms with van der Waals surface area (Å²) in [4.78, 5) is 57.7. The summed E-state index contributed by atoms with van der Waals surface area (Å²) in [7, 11) is 0. The standard InChI is InChI=1S/C32H33NO6/c1-6-38-25(35)18-32(30(37)39-7-2)26-23(16-31(4,5)17-24(26)34)33(20-12-10-11-19(3)15-20)28-21-13-8-9-14-22(21)29(36)27(28)32/h8-15H,6-7,16-18H2,1-5H3/t32-/m0/s1. The van der Waals surface area contributed by atoms with Gasteiger partial charge in [0.1, 0.15) is 5.41 Å². The number of hydrogen-bond donors (Lipinski definition) is 0. The van der Waals surface area contributed by atoms with Crippen LogP contribution in [0.4, 0.5) is 5.69 Å². The molecular weight excluding hydrogens is 494 g/mol. The zero-order valence-corrected chi connectivity index (χ0v) is 23.1. The Labute approximate surface area is 228 Å². The van der Waals surface area contributed by atoms with Crippen molar-refractivity contribution in [3.63, 3.8) is 0 Å². The monoisotopic (exact) mass is 527 g/mol. The molecule has 5 rings (SSSR count). The molecular formula is C32H33NO6. The van der Waals surface area contributed by atoms with Crippen molar-refractivity contribution >= 4 is 34.9 Å². The van der Waals surface area contributed by atoms with Gasteiger partial charge in [-0.1, -0.05) is 50.2 Å². The molecule has 0 unspecified atom stereocenters. The molecule has 0 spiro atoms. The van der Waals surface area contributed by atoms with E-state index in [-0.39, 0.29) is 42.3 Å². The van der Waals surface area contributed by atoms with Crippen molar-refractivity contribution in [2.75, 3.05) is 18.1 Å². The Bertz CT molecular complexity index is 1480. The highest BCUT2D eigenvalue weighted by Crippen LogP contribution is 2.60. The average molecular weight is 528 g/mol. The highest BCUT2D eigenvalue weighted by Gasteiger charge is 2.62. The molecule has 2 aromatic rings. The lowest BCUT2D eigenvalue weighted by atomic mass is 9.60. The Kier molecular flexibility index (Phi) is 6.57. The van der Waals surface area contributed by atoms with Crippen LogP contribution >= 0.6 is 0 Å². The van der Waals surface area contributed by atoms with Gasteiger partial charge in [0.2, 0.25) is 0 Å². The van der Waals surface area contributed by atoms with Gasteiger partial charge in [0.25, 0.3) is 0 Å². The Morgan fingerprint density at radius 1 is 0.897 bits per heavy atom. The topological polar surface area (TPSA) is 90.0 Å². The molecule has 0 N–H and O–H groups in total. The van der Waals surface area contributed by atoms with Gasteiger partial charge in [-0.3, -0.25) is 19.2 Å². The molecule has 0 radical (unpaired) electrons. The Morgan fingerprint density at radius 2 is 1.59 bits per heavy atom. The number of Topliss-reactive ketones (excluding diaryl/α,β-unsaturated/α-hetero) is 2. The molecule has 3 aliphatic rings. The Balaban J connectivity index is 1.93. The lowest BCUT2D eigenvalue weighted by Gasteiger charge is -2.48. The number of carbonyl (C=O) groups is 4. The van der Waals surface area contributed by atoms with Gasteiger partial charge in [-0.05, 0) is 50.3 Å². The van der Waals surface area contributed by atoms with Crippen molar-refractivity contribution in [3.8, 4) is 0 Å². The largest absolute Gasteiger partial charge is 0.466 e. The zero-order chi connectivity index (χ0) is 28.1. The van der Waals surface area contributed by atoms with Crippen LogP contribution in [0.25, 0.3) is 5.70 Å². The van der Waals surface area contributed by atoms with Gasteiger partial charge in [-0.15, -0.1) is 0 Å². The van der Waals surface area contributed by atoms with E-state index in [0.717, 1.165) is 11.3 Å². The van der Waals surface area contributed by atoms with Crippen LogP contribution in [0, 0.1) is 17.8 Å². The van der Waals surface area contributed by atoms with E-state index < -0.39 is 29.2 Å². The third-order valence-electron chi connectivity index (χ3n) is 7.69. The summed E-state index contributed by atoms with van der Waals surface area (Å²) < 4.78 is 10.9. The van der Waals surface area contributed by atoms with Crippen LogP contribution in [0.2, 0.25) is 0 Å². The molecule has 0 saturated heterocycles. The summed E-state index contributed by atoms with van der Waals surface area (Å²) in [5.74, 6) is -2.11. The van der Waals surface area contributed by atoms with Gasteiger partial charge in [0.05, 0.1) is 25.3 Å². The number of nitrogens with zero attached hydrogens (tertiary/aromatic N) is 1. The van der Waals surface area contributed by atoms with Gasteiger partial charge in [-0.2, -0.15) is 0 Å². The number of aryl methyl sites for hydroxylation is 1. The van der Waals surface area contributed by atoms with Crippen LogP contribution < -0.4 is 4.90 Å². The first-order valence-corrected chi connectivity index (χ1v) is 13.4. The summed E-state index contributed by atoms with van der Waals surface area (Å²) in [6.07, 6.45) is 0.130. The second-order valence-electron chi connectivity index (χ2n) is 11.1. The molecule has 39 heavy (non-hydrogen) atoms. The summed E-state index contributed by atoms with van der Waals surface area (Å²) in [5.41, 5.74) is 1.91. The van der Waals surface area contributed by atoms with Crippen molar-refractivity contribution in [3.05, 3.63) is 82.1 Å². The number of hydrogen-bond acceptors (Lipinski definition) is 7. The minimum atomic E-state index is -1.92. The van der Waals surface area contributed by atoms with E-state index in [1.54, 1.807) is 26.0 Å². The second-order valence-corrected chi connectivity index (χ2v) is 11.1. The third kappa shape index (κ3) is 4.11. The lowest BCUT2D eigenvalue weighted by molar-refractivity contribution is -0.158. The summed E-state index contributed by atoms with van der Waals surface area (Å²) >= 11 is 0. The number of anilines is 1. The average Bonchev–Trinajstić information content (AvgIpc) is 3.16. The van der Waals surface area contributed by atoms with Gasteiger partial charge in [0.15, 0.2) is 11.6 Å². The Morgan fingerprint density at radius 3 is 2.26 bits per heavy atom. The quantitative estimate of drug-likeness (QED) is 0.454. The highest BCUT2D eigenvalue weighted by atomic mass is 16.5. The van der Waals surface area contributed by atoms with E-state index in [1.165, 1.54) is 0 Å². The molecule has 0 saturated carbocycles. The maximum atomic E-state index is 14.3. The molecule has 7 heteroatoms. The number of fused-ring (bicyclic) bond motifs is 2. The molecule has 0 fully saturated rings. The van der Waals surface area contributed by atoms with Gasteiger partial charge >= 0.3 is 11.9 Å². The fourth-order valence-electron chi connectivity index (χ4n) is 6.30. The number of carbonyl (C=O) groups excluding carboxylic acids is 4. The maximum absolute atomic E-state index is 14.3. The van der Waals surface area contributed by atoms with Gasteiger partial charge in [0, 0.05) is 40.1 Å². The van der Waals surface area contributed by atoms with Gasteiger partial charge < -0.3 is 14.4 Å². The van der Waals surface area contributed by atoms with Crippen molar-refractivity contribution in [2.45, 2.75) is 53.9 Å². The van der Waals surface area contributed by atoms with E-state index in [0.29, 0.717) is 28.9 Å². The minimum Gasteiger partial charge on any atom is -0.466 e. The molecule has 202 valence electrons. The first kappa shape index (κ1) is 26.6. The number of rotatable bonds is 6. The van der Waals surface area contributed by atoms with Crippen LogP contribution in [0.3, 0.4) is 0 Å². The number of esters is 2. The number of ketones is 2. The first-order chi connectivity index (χ1) is 18.6. The molecule has 1 heterocycles. The first-order valence-electron chi connectivity index (χ1n) is 13.4. The molecule has 1 aliphatic heterocycles.